The van der Waals surface area contributed by atoms with Gasteiger partial charge >= 0.3 is 0 Å². The molecule has 2 nitrogen and oxygen atoms in total. The highest BCUT2D eigenvalue weighted by Gasteiger charge is 2.24. The molecule has 2 atom stereocenters. The van der Waals surface area contributed by atoms with E-state index in [1.54, 1.807) is 0 Å². The molecule has 1 saturated heterocycles. The molecule has 2 aliphatic rings. The van der Waals surface area contributed by atoms with Gasteiger partial charge < -0.3 is 10.6 Å². The van der Waals surface area contributed by atoms with E-state index in [1.807, 2.05) is 0 Å². The van der Waals surface area contributed by atoms with Gasteiger partial charge in [-0.2, -0.15) is 0 Å². The molecule has 0 aromatic heterocycles. The molecule has 0 radical (unpaired) electrons. The van der Waals surface area contributed by atoms with Crippen LogP contribution in [-0.2, 0) is 0 Å². The minimum atomic E-state index is 0.427. The Bertz CT molecular complexity index is 246. The maximum absolute atomic E-state index is 6.48. The number of hydrogen-bond donors (Lipinski definition) is 1. The number of nitrogens with zero attached hydrogens (tertiary/aromatic N) is 1. The van der Waals surface area contributed by atoms with E-state index in [2.05, 4.69) is 18.7 Å². The molecule has 2 rings (SSSR count). The zero-order valence-electron chi connectivity index (χ0n) is 13.1. The predicted octanol–water partition coefficient (Wildman–Crippen LogP) is 3.65. The van der Waals surface area contributed by atoms with Crippen LogP contribution in [0.4, 0.5) is 0 Å². The van der Waals surface area contributed by atoms with Crippen LogP contribution in [-0.4, -0.2) is 30.6 Å². The van der Waals surface area contributed by atoms with E-state index < -0.39 is 0 Å². The first-order valence-corrected chi connectivity index (χ1v) is 8.64. The minimum Gasteiger partial charge on any atom is -0.326 e. The summed E-state index contributed by atoms with van der Waals surface area (Å²) in [4.78, 5) is 2.65. The molecule has 19 heavy (non-hydrogen) atoms. The zero-order chi connectivity index (χ0) is 13.7. The summed E-state index contributed by atoms with van der Waals surface area (Å²) in [6, 6.07) is 0.427. The largest absolute Gasteiger partial charge is 0.326 e. The van der Waals surface area contributed by atoms with Crippen LogP contribution >= 0.6 is 0 Å². The van der Waals surface area contributed by atoms with E-state index in [1.165, 1.54) is 64.5 Å². The molecule has 0 bridgehead atoms. The van der Waals surface area contributed by atoms with Gasteiger partial charge in [0.1, 0.15) is 0 Å². The predicted molar refractivity (Wildman–Crippen MR) is 83.2 cm³/mol. The lowest BCUT2D eigenvalue weighted by Crippen LogP contribution is -2.43. The second-order valence-corrected chi connectivity index (χ2v) is 7.30. The quantitative estimate of drug-likeness (QED) is 0.841. The highest BCUT2D eigenvalue weighted by atomic mass is 15.1. The van der Waals surface area contributed by atoms with Crippen molar-refractivity contribution in [2.24, 2.45) is 23.5 Å². The monoisotopic (exact) mass is 266 g/mol. The summed E-state index contributed by atoms with van der Waals surface area (Å²) in [5, 5.41) is 0. The van der Waals surface area contributed by atoms with Gasteiger partial charge in [-0.3, -0.25) is 0 Å². The van der Waals surface area contributed by atoms with Crippen LogP contribution in [0, 0.1) is 17.8 Å². The van der Waals surface area contributed by atoms with Gasteiger partial charge in [0, 0.05) is 12.6 Å². The Morgan fingerprint density at radius 3 is 2.26 bits per heavy atom. The fourth-order valence-corrected chi connectivity index (χ4v) is 4.04. The average molecular weight is 266 g/mol. The molecule has 1 aliphatic carbocycles. The number of likely N-dealkylation sites (tertiary alicyclic amines) is 1. The van der Waals surface area contributed by atoms with Crippen molar-refractivity contribution in [1.82, 2.24) is 4.90 Å². The molecule has 112 valence electrons. The van der Waals surface area contributed by atoms with Gasteiger partial charge in [0.15, 0.2) is 0 Å². The van der Waals surface area contributed by atoms with Crippen molar-refractivity contribution in [1.29, 1.82) is 0 Å². The number of hydrogen-bond acceptors (Lipinski definition) is 2. The molecule has 0 amide bonds. The number of nitrogens with two attached hydrogens (primary N) is 1. The lowest BCUT2D eigenvalue weighted by molar-refractivity contribution is 0.207. The van der Waals surface area contributed by atoms with E-state index in [0.29, 0.717) is 6.04 Å². The summed E-state index contributed by atoms with van der Waals surface area (Å²) >= 11 is 0. The van der Waals surface area contributed by atoms with Crippen LogP contribution in [0.15, 0.2) is 0 Å². The van der Waals surface area contributed by atoms with Crippen molar-refractivity contribution in [3.05, 3.63) is 0 Å². The van der Waals surface area contributed by atoms with Crippen molar-refractivity contribution >= 4 is 0 Å². The third-order valence-electron chi connectivity index (χ3n) is 5.53. The first-order chi connectivity index (χ1) is 9.16. The summed E-state index contributed by atoms with van der Waals surface area (Å²) in [5.74, 6) is 2.60. The third kappa shape index (κ3) is 4.75. The van der Waals surface area contributed by atoms with Crippen LogP contribution in [0.2, 0.25) is 0 Å². The van der Waals surface area contributed by atoms with Gasteiger partial charge in [0.05, 0.1) is 0 Å². The second-order valence-electron chi connectivity index (χ2n) is 7.30. The lowest BCUT2D eigenvalue weighted by atomic mass is 9.84. The van der Waals surface area contributed by atoms with Crippen molar-refractivity contribution in [3.8, 4) is 0 Å². The Morgan fingerprint density at radius 1 is 0.895 bits per heavy atom. The molecule has 1 aliphatic heterocycles. The molecular formula is C17H34N2. The molecule has 1 saturated carbocycles. The summed E-state index contributed by atoms with van der Waals surface area (Å²) < 4.78 is 0. The first kappa shape index (κ1) is 15.3. The van der Waals surface area contributed by atoms with E-state index in [9.17, 15) is 0 Å². The van der Waals surface area contributed by atoms with E-state index in [4.69, 9.17) is 5.73 Å². The van der Waals surface area contributed by atoms with Crippen LogP contribution in [0.5, 0.6) is 0 Å². The third-order valence-corrected chi connectivity index (χ3v) is 5.53. The number of rotatable bonds is 4. The summed E-state index contributed by atoms with van der Waals surface area (Å²) in [5.41, 5.74) is 6.48. The van der Waals surface area contributed by atoms with Crippen LogP contribution in [0.1, 0.15) is 65.2 Å². The molecule has 1 heterocycles. The van der Waals surface area contributed by atoms with Crippen molar-refractivity contribution in [2.75, 3.05) is 19.6 Å². The Labute approximate surface area is 120 Å². The maximum Gasteiger partial charge on any atom is 0.0196 e. The zero-order valence-corrected chi connectivity index (χ0v) is 13.1. The molecule has 2 heteroatoms. The van der Waals surface area contributed by atoms with E-state index in [-0.39, 0.29) is 0 Å². The van der Waals surface area contributed by atoms with E-state index >= 15 is 0 Å². The molecular weight excluding hydrogens is 232 g/mol. The van der Waals surface area contributed by atoms with Crippen molar-refractivity contribution in [2.45, 2.75) is 71.3 Å². The highest BCUT2D eigenvalue weighted by molar-refractivity contribution is 4.81. The smallest absolute Gasteiger partial charge is 0.0196 e. The Kier molecular flexibility index (Phi) is 6.15. The SMILES string of the molecule is CC(C)C1CCCN(CC(N)C2CCCCC2)CC1. The molecule has 2 unspecified atom stereocenters. The molecule has 0 aromatic carbocycles. The minimum absolute atomic E-state index is 0.427. The second kappa shape index (κ2) is 7.64. The summed E-state index contributed by atoms with van der Waals surface area (Å²) in [6.07, 6.45) is 11.2. The summed E-state index contributed by atoms with van der Waals surface area (Å²) in [6.45, 7) is 8.48. The van der Waals surface area contributed by atoms with Crippen LogP contribution in [0.25, 0.3) is 0 Å². The van der Waals surface area contributed by atoms with Gasteiger partial charge in [-0.25, -0.2) is 0 Å². The van der Waals surface area contributed by atoms with Crippen molar-refractivity contribution in [3.63, 3.8) is 0 Å². The molecule has 2 N–H and O–H groups in total. The molecule has 0 aromatic rings. The normalized spacial score (nSPS) is 29.4. The standard InChI is InChI=1S/C17H34N2/c1-14(2)15-9-6-11-19(12-10-15)13-17(18)16-7-4-3-5-8-16/h14-17H,3-13,18H2,1-2H3. The van der Waals surface area contributed by atoms with Gasteiger partial charge in [-0.1, -0.05) is 33.1 Å². The van der Waals surface area contributed by atoms with Gasteiger partial charge in [-0.15, -0.1) is 0 Å². The Balaban J connectivity index is 1.75. The van der Waals surface area contributed by atoms with Gasteiger partial charge in [0.25, 0.3) is 0 Å². The average Bonchev–Trinajstić information content (AvgIpc) is 2.65. The highest BCUT2D eigenvalue weighted by Crippen LogP contribution is 2.28. The molecule has 0 spiro atoms. The van der Waals surface area contributed by atoms with Crippen molar-refractivity contribution < 1.29 is 0 Å². The first-order valence-electron chi connectivity index (χ1n) is 8.64. The van der Waals surface area contributed by atoms with Crippen LogP contribution in [0.3, 0.4) is 0 Å². The maximum atomic E-state index is 6.48. The van der Waals surface area contributed by atoms with Gasteiger partial charge in [-0.05, 0) is 62.9 Å². The van der Waals surface area contributed by atoms with E-state index in [0.717, 1.165) is 24.3 Å². The summed E-state index contributed by atoms with van der Waals surface area (Å²) in [7, 11) is 0. The fraction of sp³-hybridized carbons (Fsp3) is 1.00. The Morgan fingerprint density at radius 2 is 1.58 bits per heavy atom. The fourth-order valence-electron chi connectivity index (χ4n) is 4.04. The van der Waals surface area contributed by atoms with Crippen LogP contribution < -0.4 is 5.73 Å². The topological polar surface area (TPSA) is 29.3 Å². The molecule has 2 fully saturated rings. The van der Waals surface area contributed by atoms with Gasteiger partial charge in [0.2, 0.25) is 0 Å². The Hall–Kier alpha value is -0.0800. The lowest BCUT2D eigenvalue weighted by Gasteiger charge is -2.31.